The highest BCUT2D eigenvalue weighted by Crippen LogP contribution is 2.40. The highest BCUT2D eigenvalue weighted by atomic mass is 79.9. The third kappa shape index (κ3) is 7.73. The molecular formula is C29H29BrF5N3O6S. The lowest BCUT2D eigenvalue weighted by molar-refractivity contribution is -0.239. The predicted molar refractivity (Wildman–Crippen MR) is 156 cm³/mol. The molecule has 1 amide bonds. The van der Waals surface area contributed by atoms with Gasteiger partial charge in [-0.05, 0) is 78.3 Å². The van der Waals surface area contributed by atoms with Gasteiger partial charge in [-0.3, -0.25) is 4.79 Å². The molecule has 0 spiro atoms. The van der Waals surface area contributed by atoms with Gasteiger partial charge in [0.2, 0.25) is 6.04 Å². The normalized spacial score (nSPS) is 15.8. The van der Waals surface area contributed by atoms with Crippen molar-refractivity contribution in [1.29, 1.82) is 0 Å². The number of hydrogen-bond acceptors (Lipinski definition) is 7. The van der Waals surface area contributed by atoms with Gasteiger partial charge < -0.3 is 20.2 Å². The SMILES string of the molecule is CC(C)Oc1ccc2cc(S(=O)(=O)N(OC(=O)C(F)(F)F)[C@@H](C(=O)N3CCC(N)CC3)C(F)(F)c3ccc(Br)cc3)ccc2c1. The average molecular weight is 723 g/mol. The smallest absolute Gasteiger partial charge is 0.491 e. The van der Waals surface area contributed by atoms with Crippen molar-refractivity contribution >= 4 is 48.6 Å². The van der Waals surface area contributed by atoms with Crippen LogP contribution in [-0.2, 0) is 30.4 Å². The summed E-state index contributed by atoms with van der Waals surface area (Å²) in [6.45, 7) is 3.20. The molecule has 0 bridgehead atoms. The van der Waals surface area contributed by atoms with Crippen LogP contribution in [0.3, 0.4) is 0 Å². The van der Waals surface area contributed by atoms with Crippen LogP contribution < -0.4 is 10.5 Å². The van der Waals surface area contributed by atoms with Crippen LogP contribution in [-0.4, -0.2) is 67.1 Å². The zero-order valence-electron chi connectivity index (χ0n) is 23.9. The fourth-order valence-electron chi connectivity index (χ4n) is 4.69. The van der Waals surface area contributed by atoms with Gasteiger partial charge in [-0.25, -0.2) is 13.2 Å². The summed E-state index contributed by atoms with van der Waals surface area (Å²) >= 11 is 3.09. The van der Waals surface area contributed by atoms with Crippen molar-refractivity contribution in [2.45, 2.75) is 61.9 Å². The number of nitrogens with two attached hydrogens (primary N) is 1. The second-order valence-electron chi connectivity index (χ2n) is 10.7. The van der Waals surface area contributed by atoms with Crippen molar-refractivity contribution in [1.82, 2.24) is 9.37 Å². The van der Waals surface area contributed by atoms with Crippen LogP contribution in [0.1, 0.15) is 32.3 Å². The summed E-state index contributed by atoms with van der Waals surface area (Å²) in [5.74, 6) is -8.76. The maximum Gasteiger partial charge on any atom is 0.492 e. The van der Waals surface area contributed by atoms with Crippen molar-refractivity contribution < 1.29 is 49.5 Å². The number of alkyl halides is 5. The monoisotopic (exact) mass is 721 g/mol. The van der Waals surface area contributed by atoms with Crippen LogP contribution in [0, 0.1) is 0 Å². The highest BCUT2D eigenvalue weighted by molar-refractivity contribution is 9.10. The zero-order chi connectivity index (χ0) is 33.3. The molecule has 9 nitrogen and oxygen atoms in total. The number of amides is 1. The number of ether oxygens (including phenoxy) is 1. The Morgan fingerprint density at radius 1 is 0.956 bits per heavy atom. The van der Waals surface area contributed by atoms with Crippen molar-refractivity contribution in [3.63, 3.8) is 0 Å². The van der Waals surface area contributed by atoms with E-state index >= 15 is 8.78 Å². The van der Waals surface area contributed by atoms with Gasteiger partial charge in [-0.15, -0.1) is 0 Å². The van der Waals surface area contributed by atoms with E-state index < -0.39 is 55.0 Å². The van der Waals surface area contributed by atoms with Gasteiger partial charge in [0.15, 0.2) is 0 Å². The number of halogens is 6. The molecule has 1 aliphatic heterocycles. The van der Waals surface area contributed by atoms with E-state index in [1.165, 1.54) is 30.3 Å². The van der Waals surface area contributed by atoms with Gasteiger partial charge in [0.05, 0.1) is 11.0 Å². The van der Waals surface area contributed by atoms with E-state index in [9.17, 15) is 31.2 Å². The van der Waals surface area contributed by atoms with E-state index in [2.05, 4.69) is 20.8 Å². The maximum atomic E-state index is 16.4. The van der Waals surface area contributed by atoms with Crippen molar-refractivity contribution in [3.05, 3.63) is 70.7 Å². The highest BCUT2D eigenvalue weighted by Gasteiger charge is 2.58. The van der Waals surface area contributed by atoms with Crippen LogP contribution in [0.25, 0.3) is 10.8 Å². The Hall–Kier alpha value is -3.34. The predicted octanol–water partition coefficient (Wildman–Crippen LogP) is 5.51. The minimum atomic E-state index is -5.80. The van der Waals surface area contributed by atoms with Gasteiger partial charge in [0.25, 0.3) is 15.9 Å². The first kappa shape index (κ1) is 34.5. The standard InChI is InChI=1S/C29H29BrF5N3O6S/c1-17(2)43-23-9-3-19-16-24(10-4-18(19)15-23)45(41,42)38(44-27(40)29(33,34)35)25(26(39)37-13-11-22(36)12-14-37)28(31,32)20-5-7-21(30)8-6-20/h3-10,15-17,22,25H,11-14,36H2,1-2H3/t25-/m0/s1. The van der Waals surface area contributed by atoms with Crippen LogP contribution in [0.15, 0.2) is 70.0 Å². The molecule has 0 aliphatic carbocycles. The lowest BCUT2D eigenvalue weighted by Crippen LogP contribution is -2.60. The minimum absolute atomic E-state index is 0.157. The second-order valence-corrected chi connectivity index (χ2v) is 13.4. The number of likely N-dealkylation sites (tertiary alicyclic amines) is 1. The Morgan fingerprint density at radius 2 is 1.53 bits per heavy atom. The molecule has 45 heavy (non-hydrogen) atoms. The summed E-state index contributed by atoms with van der Waals surface area (Å²) < 4.78 is 106. The summed E-state index contributed by atoms with van der Waals surface area (Å²) in [6.07, 6.45) is -5.67. The summed E-state index contributed by atoms with van der Waals surface area (Å²) in [7, 11) is -5.57. The van der Waals surface area contributed by atoms with E-state index in [-0.39, 0.29) is 43.5 Å². The summed E-state index contributed by atoms with van der Waals surface area (Å²) in [5, 5.41) is 0.685. The molecule has 16 heteroatoms. The number of fused-ring (bicyclic) bond motifs is 1. The Balaban J connectivity index is 1.89. The number of sulfonamides is 1. The first-order chi connectivity index (χ1) is 20.9. The largest absolute Gasteiger partial charge is 0.492 e. The van der Waals surface area contributed by atoms with Gasteiger partial charge >= 0.3 is 18.1 Å². The van der Waals surface area contributed by atoms with E-state index in [1.54, 1.807) is 19.9 Å². The third-order valence-electron chi connectivity index (χ3n) is 6.96. The van der Waals surface area contributed by atoms with Gasteiger partial charge in [-0.1, -0.05) is 40.2 Å². The first-order valence-corrected chi connectivity index (χ1v) is 15.9. The van der Waals surface area contributed by atoms with Crippen molar-refractivity contribution in [2.24, 2.45) is 5.73 Å². The van der Waals surface area contributed by atoms with E-state index in [1.807, 2.05) is 0 Å². The fraction of sp³-hybridized carbons (Fsp3) is 0.379. The van der Waals surface area contributed by atoms with Gasteiger partial charge in [0.1, 0.15) is 5.75 Å². The van der Waals surface area contributed by atoms with Crippen LogP contribution in [0.5, 0.6) is 5.75 Å². The number of nitrogens with zero attached hydrogens (tertiary/aromatic N) is 2. The summed E-state index contributed by atoms with van der Waals surface area (Å²) in [4.78, 5) is 30.2. The number of hydrogen-bond donors (Lipinski definition) is 1. The summed E-state index contributed by atoms with van der Waals surface area (Å²) in [5.41, 5.74) is 4.94. The molecule has 0 aromatic heterocycles. The quantitative estimate of drug-likeness (QED) is 0.229. The topological polar surface area (TPSA) is 119 Å². The molecule has 1 atom stereocenters. The molecule has 1 saturated heterocycles. The third-order valence-corrected chi connectivity index (χ3v) is 9.10. The minimum Gasteiger partial charge on any atom is -0.491 e. The first-order valence-electron chi connectivity index (χ1n) is 13.6. The van der Waals surface area contributed by atoms with Crippen molar-refractivity contribution in [2.75, 3.05) is 13.1 Å². The Bertz CT molecular complexity index is 1660. The van der Waals surface area contributed by atoms with Gasteiger partial charge in [-0.2, -0.15) is 22.0 Å². The number of carbonyl (C=O) groups excluding carboxylic acids is 2. The van der Waals surface area contributed by atoms with E-state index in [4.69, 9.17) is 10.5 Å². The molecular weight excluding hydrogens is 693 g/mol. The van der Waals surface area contributed by atoms with Crippen molar-refractivity contribution in [3.8, 4) is 5.75 Å². The number of hydroxylamine groups is 1. The molecule has 0 radical (unpaired) electrons. The number of carbonyl (C=O) groups is 2. The Morgan fingerprint density at radius 3 is 2.11 bits per heavy atom. The Labute approximate surface area is 264 Å². The average Bonchev–Trinajstić information content (AvgIpc) is 2.96. The number of rotatable bonds is 9. The molecule has 2 N–H and O–H groups in total. The molecule has 0 unspecified atom stereocenters. The molecule has 1 heterocycles. The Kier molecular flexibility index (Phi) is 10.1. The molecule has 1 fully saturated rings. The molecule has 244 valence electrons. The lowest BCUT2D eigenvalue weighted by Gasteiger charge is -2.38. The number of piperidine rings is 1. The van der Waals surface area contributed by atoms with E-state index in [0.29, 0.717) is 15.6 Å². The van der Waals surface area contributed by atoms with E-state index in [0.717, 1.165) is 29.2 Å². The van der Waals surface area contributed by atoms with Crippen LogP contribution in [0.2, 0.25) is 0 Å². The second kappa shape index (κ2) is 13.2. The maximum absolute atomic E-state index is 16.4. The van der Waals surface area contributed by atoms with Crippen LogP contribution >= 0.6 is 15.9 Å². The molecule has 4 rings (SSSR count). The number of benzene rings is 3. The molecule has 0 saturated carbocycles. The molecule has 1 aliphatic rings. The molecule has 3 aromatic rings. The fourth-order valence-corrected chi connectivity index (χ4v) is 6.34. The van der Waals surface area contributed by atoms with Gasteiger partial charge in [0, 0.05) is 29.2 Å². The molecule has 3 aromatic carbocycles. The lowest BCUT2D eigenvalue weighted by atomic mass is 9.98. The zero-order valence-corrected chi connectivity index (χ0v) is 26.3. The summed E-state index contributed by atoms with van der Waals surface area (Å²) in [6, 6.07) is 8.16. The van der Waals surface area contributed by atoms with Crippen LogP contribution in [0.4, 0.5) is 22.0 Å².